The Bertz CT molecular complexity index is 1030. The van der Waals surface area contributed by atoms with Gasteiger partial charge in [-0.05, 0) is 66.1 Å². The molecular weight excluding hydrogens is 384 g/mol. The number of nitrogens with zero attached hydrogens (tertiary/aromatic N) is 2. The van der Waals surface area contributed by atoms with Crippen LogP contribution in [0.4, 0.5) is 11.4 Å². The van der Waals surface area contributed by atoms with Crippen molar-refractivity contribution in [2.45, 2.75) is 4.90 Å². The van der Waals surface area contributed by atoms with Crippen LogP contribution in [0.3, 0.4) is 0 Å². The third-order valence-electron chi connectivity index (χ3n) is 4.22. The van der Waals surface area contributed by atoms with Crippen LogP contribution in [-0.2, 0) is 4.79 Å². The monoisotopic (exact) mass is 402 g/mol. The second-order valence-electron chi connectivity index (χ2n) is 6.09. The Morgan fingerprint density at radius 2 is 1.54 bits per heavy atom. The fourth-order valence-electron chi connectivity index (χ4n) is 2.82. The van der Waals surface area contributed by atoms with Gasteiger partial charge in [-0.2, -0.15) is 0 Å². The Morgan fingerprint density at radius 1 is 0.893 bits per heavy atom. The number of aliphatic imine (C=N–C) groups is 1. The normalized spacial score (nSPS) is 16.9. The average molecular weight is 403 g/mol. The molecule has 4 rings (SSSR count). The quantitative estimate of drug-likeness (QED) is 0.384. The van der Waals surface area contributed by atoms with Gasteiger partial charge in [-0.3, -0.25) is 9.69 Å². The van der Waals surface area contributed by atoms with Gasteiger partial charge in [0, 0.05) is 4.90 Å². The second kappa shape index (κ2) is 8.50. The molecule has 1 amide bonds. The summed E-state index contributed by atoms with van der Waals surface area (Å²) in [5.41, 5.74) is 2.64. The highest BCUT2D eigenvalue weighted by molar-refractivity contribution is 8.19. The standard InChI is InChI=1S/C23H18N2OS2/c1-27-20-14-12-17(13-15-20)16-21-22(26)25(19-10-6-3-7-11-19)23(28-21)24-18-8-4-2-5-9-18/h2-16H,1H3/b21-16+,24-23?. The number of benzene rings is 3. The lowest BCUT2D eigenvalue weighted by molar-refractivity contribution is -0.113. The fraction of sp³-hybridized carbons (Fsp3) is 0.0435. The molecule has 0 bridgehead atoms. The van der Waals surface area contributed by atoms with E-state index in [1.165, 1.54) is 16.7 Å². The van der Waals surface area contributed by atoms with Gasteiger partial charge in [-0.1, -0.05) is 48.5 Å². The molecule has 1 aliphatic heterocycles. The number of carbonyl (C=O) groups excluding carboxylic acids is 1. The molecule has 0 spiro atoms. The lowest BCUT2D eigenvalue weighted by Crippen LogP contribution is -2.28. The highest BCUT2D eigenvalue weighted by atomic mass is 32.2. The first kappa shape index (κ1) is 18.6. The lowest BCUT2D eigenvalue weighted by Gasteiger charge is -2.15. The summed E-state index contributed by atoms with van der Waals surface area (Å²) in [5.74, 6) is -0.0557. The van der Waals surface area contributed by atoms with Crippen LogP contribution in [0, 0.1) is 0 Å². The maximum absolute atomic E-state index is 13.2. The molecule has 3 aromatic carbocycles. The summed E-state index contributed by atoms with van der Waals surface area (Å²) in [6, 6.07) is 27.5. The highest BCUT2D eigenvalue weighted by Gasteiger charge is 2.34. The molecule has 0 unspecified atom stereocenters. The van der Waals surface area contributed by atoms with Crippen LogP contribution >= 0.6 is 23.5 Å². The average Bonchev–Trinajstić information content (AvgIpc) is 3.04. The van der Waals surface area contributed by atoms with E-state index in [0.717, 1.165) is 16.9 Å². The van der Waals surface area contributed by atoms with E-state index in [0.29, 0.717) is 10.1 Å². The number of para-hydroxylation sites is 2. The summed E-state index contributed by atoms with van der Waals surface area (Å²) < 4.78 is 0. The van der Waals surface area contributed by atoms with Crippen LogP contribution in [0.5, 0.6) is 0 Å². The molecule has 3 nitrogen and oxygen atoms in total. The van der Waals surface area contributed by atoms with Gasteiger partial charge in [-0.15, -0.1) is 11.8 Å². The maximum Gasteiger partial charge on any atom is 0.271 e. The topological polar surface area (TPSA) is 32.7 Å². The summed E-state index contributed by atoms with van der Waals surface area (Å²) in [6.07, 6.45) is 3.98. The first-order valence-corrected chi connectivity index (χ1v) is 10.9. The molecule has 0 radical (unpaired) electrons. The molecule has 5 heteroatoms. The number of carbonyl (C=O) groups is 1. The minimum absolute atomic E-state index is 0.0557. The Labute approximate surface area is 173 Å². The number of rotatable bonds is 4. The van der Waals surface area contributed by atoms with Gasteiger partial charge in [0.25, 0.3) is 5.91 Å². The van der Waals surface area contributed by atoms with Crippen molar-refractivity contribution in [1.82, 2.24) is 0 Å². The zero-order valence-electron chi connectivity index (χ0n) is 15.3. The van der Waals surface area contributed by atoms with E-state index < -0.39 is 0 Å². The third-order valence-corrected chi connectivity index (χ3v) is 5.93. The second-order valence-corrected chi connectivity index (χ2v) is 7.98. The van der Waals surface area contributed by atoms with Crippen LogP contribution in [0.25, 0.3) is 6.08 Å². The van der Waals surface area contributed by atoms with Gasteiger partial charge < -0.3 is 0 Å². The zero-order valence-corrected chi connectivity index (χ0v) is 16.9. The van der Waals surface area contributed by atoms with E-state index in [1.807, 2.05) is 85.1 Å². The predicted octanol–water partition coefficient (Wildman–Crippen LogP) is 6.22. The molecule has 1 heterocycles. The predicted molar refractivity (Wildman–Crippen MR) is 121 cm³/mol. The molecule has 1 saturated heterocycles. The molecule has 0 saturated carbocycles. The molecule has 0 aromatic heterocycles. The largest absolute Gasteiger partial charge is 0.271 e. The summed E-state index contributed by atoms with van der Waals surface area (Å²) >= 11 is 3.10. The van der Waals surface area contributed by atoms with Gasteiger partial charge in [-0.25, -0.2) is 4.99 Å². The van der Waals surface area contributed by atoms with Gasteiger partial charge in [0.05, 0.1) is 16.3 Å². The van der Waals surface area contributed by atoms with Crippen LogP contribution in [0.1, 0.15) is 5.56 Å². The minimum atomic E-state index is -0.0557. The van der Waals surface area contributed by atoms with Crippen molar-refractivity contribution in [3.05, 3.63) is 95.4 Å². The van der Waals surface area contributed by atoms with Gasteiger partial charge in [0.15, 0.2) is 5.17 Å². The van der Waals surface area contributed by atoms with Crippen LogP contribution in [-0.4, -0.2) is 17.3 Å². The number of anilines is 1. The van der Waals surface area contributed by atoms with E-state index in [-0.39, 0.29) is 5.91 Å². The lowest BCUT2D eigenvalue weighted by atomic mass is 10.2. The summed E-state index contributed by atoms with van der Waals surface area (Å²) in [7, 11) is 0. The van der Waals surface area contributed by atoms with Crippen molar-refractivity contribution in [3.8, 4) is 0 Å². The molecule has 28 heavy (non-hydrogen) atoms. The summed E-state index contributed by atoms with van der Waals surface area (Å²) in [6.45, 7) is 0. The minimum Gasteiger partial charge on any atom is -0.268 e. The molecule has 1 fully saturated rings. The Kier molecular flexibility index (Phi) is 5.65. The maximum atomic E-state index is 13.2. The van der Waals surface area contributed by atoms with E-state index in [4.69, 9.17) is 4.99 Å². The number of amides is 1. The van der Waals surface area contributed by atoms with Crippen molar-refractivity contribution in [2.24, 2.45) is 4.99 Å². The van der Waals surface area contributed by atoms with Crippen LogP contribution < -0.4 is 4.90 Å². The fourth-order valence-corrected chi connectivity index (χ4v) is 4.23. The van der Waals surface area contributed by atoms with Crippen LogP contribution in [0.2, 0.25) is 0 Å². The molecule has 1 aliphatic rings. The Balaban J connectivity index is 1.73. The first-order valence-electron chi connectivity index (χ1n) is 8.81. The van der Waals surface area contributed by atoms with Crippen LogP contribution in [0.15, 0.2) is 99.7 Å². The molecule has 0 N–H and O–H groups in total. The molecule has 0 atom stereocenters. The molecule has 3 aromatic rings. The molecule has 138 valence electrons. The van der Waals surface area contributed by atoms with E-state index in [1.54, 1.807) is 16.7 Å². The van der Waals surface area contributed by atoms with Crippen molar-refractivity contribution in [3.63, 3.8) is 0 Å². The van der Waals surface area contributed by atoms with Gasteiger partial charge in [0.1, 0.15) is 0 Å². The Morgan fingerprint density at radius 3 is 2.18 bits per heavy atom. The first-order chi connectivity index (χ1) is 13.7. The van der Waals surface area contributed by atoms with Crippen molar-refractivity contribution >= 4 is 52.0 Å². The number of hydrogen-bond acceptors (Lipinski definition) is 4. The SMILES string of the molecule is CSc1ccc(/C=C2/SC(=Nc3ccccc3)N(c3ccccc3)C2=O)cc1. The Hall–Kier alpha value is -2.76. The van der Waals surface area contributed by atoms with E-state index >= 15 is 0 Å². The summed E-state index contributed by atoms with van der Waals surface area (Å²) in [5, 5.41) is 0.661. The van der Waals surface area contributed by atoms with E-state index in [2.05, 4.69) is 12.1 Å². The van der Waals surface area contributed by atoms with E-state index in [9.17, 15) is 4.79 Å². The van der Waals surface area contributed by atoms with Crippen molar-refractivity contribution in [2.75, 3.05) is 11.2 Å². The number of amidine groups is 1. The summed E-state index contributed by atoms with van der Waals surface area (Å²) in [4.78, 5) is 21.5. The molecule has 0 aliphatic carbocycles. The van der Waals surface area contributed by atoms with Gasteiger partial charge >= 0.3 is 0 Å². The van der Waals surface area contributed by atoms with Crippen molar-refractivity contribution < 1.29 is 4.79 Å². The molecular formula is C23H18N2OS2. The number of thioether (sulfide) groups is 2. The highest BCUT2D eigenvalue weighted by Crippen LogP contribution is 2.37. The third kappa shape index (κ3) is 4.06. The number of hydrogen-bond donors (Lipinski definition) is 0. The van der Waals surface area contributed by atoms with Gasteiger partial charge in [0.2, 0.25) is 0 Å². The van der Waals surface area contributed by atoms with Crippen molar-refractivity contribution in [1.29, 1.82) is 0 Å². The zero-order chi connectivity index (χ0) is 19.3. The smallest absolute Gasteiger partial charge is 0.268 e.